The molecule has 2 N–H and O–H groups in total. The van der Waals surface area contributed by atoms with Crippen molar-refractivity contribution in [1.82, 2.24) is 14.7 Å². The first-order chi connectivity index (χ1) is 7.66. The Kier molecular flexibility index (Phi) is 3.24. The van der Waals surface area contributed by atoms with Crippen LogP contribution in [-0.4, -0.2) is 39.7 Å². The largest absolute Gasteiger partial charge is 0.341 e. The van der Waals surface area contributed by atoms with E-state index in [0.29, 0.717) is 0 Å². The van der Waals surface area contributed by atoms with E-state index in [9.17, 15) is 4.79 Å². The van der Waals surface area contributed by atoms with Crippen LogP contribution < -0.4 is 5.73 Å². The monoisotopic (exact) mass is 222 g/mol. The number of hydrogen-bond donors (Lipinski definition) is 1. The summed E-state index contributed by atoms with van der Waals surface area (Å²) in [6.45, 7) is 1.59. The predicted molar refractivity (Wildman–Crippen MR) is 60.7 cm³/mol. The van der Waals surface area contributed by atoms with E-state index < -0.39 is 0 Å². The lowest BCUT2D eigenvalue weighted by molar-refractivity contribution is -0.134. The molecular formula is C11H18N4O. The van der Waals surface area contributed by atoms with Crippen LogP contribution in [0.2, 0.25) is 0 Å². The van der Waals surface area contributed by atoms with Crippen LogP contribution in [0.1, 0.15) is 18.4 Å². The van der Waals surface area contributed by atoms with Crippen LogP contribution in [0.25, 0.3) is 0 Å². The van der Waals surface area contributed by atoms with Crippen molar-refractivity contribution in [3.05, 3.63) is 18.0 Å². The van der Waals surface area contributed by atoms with Crippen LogP contribution in [0.3, 0.4) is 0 Å². The molecule has 0 bridgehead atoms. The summed E-state index contributed by atoms with van der Waals surface area (Å²) in [5, 5.41) is 4.10. The molecule has 0 radical (unpaired) electrons. The lowest BCUT2D eigenvalue weighted by atomic mass is 10.1. The number of hydrogen-bond acceptors (Lipinski definition) is 3. The van der Waals surface area contributed by atoms with Gasteiger partial charge in [-0.1, -0.05) is 0 Å². The standard InChI is InChI=1S/C11H18N4O/c1-14-8-9(7-13-14)4-6-15-5-2-3-10(12)11(15)16/h7-8,10H,2-6,12H2,1H3. The fourth-order valence-corrected chi connectivity index (χ4v) is 2.06. The highest BCUT2D eigenvalue weighted by atomic mass is 16.2. The molecule has 0 aliphatic carbocycles. The summed E-state index contributed by atoms with van der Waals surface area (Å²) in [5.74, 6) is 0.0927. The maximum Gasteiger partial charge on any atom is 0.239 e. The van der Waals surface area contributed by atoms with Crippen LogP contribution >= 0.6 is 0 Å². The van der Waals surface area contributed by atoms with E-state index in [1.165, 1.54) is 0 Å². The number of carbonyl (C=O) groups is 1. The van der Waals surface area contributed by atoms with Gasteiger partial charge in [-0.25, -0.2) is 0 Å². The maximum atomic E-state index is 11.7. The highest BCUT2D eigenvalue weighted by molar-refractivity contribution is 5.82. The first-order valence-electron chi connectivity index (χ1n) is 5.68. The first kappa shape index (κ1) is 11.1. The average Bonchev–Trinajstić information content (AvgIpc) is 2.67. The number of aryl methyl sites for hydroxylation is 1. The summed E-state index contributed by atoms with van der Waals surface area (Å²) < 4.78 is 1.78. The van der Waals surface area contributed by atoms with Gasteiger partial charge in [-0.2, -0.15) is 5.10 Å². The quantitative estimate of drug-likeness (QED) is 0.777. The van der Waals surface area contributed by atoms with E-state index in [0.717, 1.165) is 37.9 Å². The van der Waals surface area contributed by atoms with Gasteiger partial charge in [0.1, 0.15) is 0 Å². The number of likely N-dealkylation sites (tertiary alicyclic amines) is 1. The van der Waals surface area contributed by atoms with Gasteiger partial charge in [-0.3, -0.25) is 9.48 Å². The van der Waals surface area contributed by atoms with Crippen LogP contribution in [0.15, 0.2) is 12.4 Å². The lowest BCUT2D eigenvalue weighted by Gasteiger charge is -2.30. The molecule has 2 rings (SSSR count). The number of aromatic nitrogens is 2. The van der Waals surface area contributed by atoms with Gasteiger partial charge in [0.05, 0.1) is 12.2 Å². The van der Waals surface area contributed by atoms with Crippen LogP contribution in [-0.2, 0) is 18.3 Å². The summed E-state index contributed by atoms with van der Waals surface area (Å²) in [7, 11) is 1.89. The normalized spacial score (nSPS) is 21.5. The molecule has 1 aromatic rings. The molecule has 1 aliphatic rings. The van der Waals surface area contributed by atoms with Crippen LogP contribution in [0, 0.1) is 0 Å². The van der Waals surface area contributed by atoms with Gasteiger partial charge in [-0.15, -0.1) is 0 Å². The van der Waals surface area contributed by atoms with Crippen molar-refractivity contribution in [3.63, 3.8) is 0 Å². The summed E-state index contributed by atoms with van der Waals surface area (Å²) in [6.07, 6.45) is 6.51. The predicted octanol–water partition coefficient (Wildman–Crippen LogP) is -0.0877. The zero-order chi connectivity index (χ0) is 11.5. The van der Waals surface area contributed by atoms with Crippen molar-refractivity contribution < 1.29 is 4.79 Å². The zero-order valence-corrected chi connectivity index (χ0v) is 9.59. The number of carbonyl (C=O) groups excluding carboxylic acids is 1. The number of nitrogens with two attached hydrogens (primary N) is 1. The van der Waals surface area contributed by atoms with Gasteiger partial charge >= 0.3 is 0 Å². The second kappa shape index (κ2) is 4.65. The van der Waals surface area contributed by atoms with E-state index in [1.807, 2.05) is 24.3 Å². The van der Waals surface area contributed by atoms with Crippen molar-refractivity contribution >= 4 is 5.91 Å². The molecule has 0 saturated carbocycles. The molecular weight excluding hydrogens is 204 g/mol. The minimum absolute atomic E-state index is 0.0927. The van der Waals surface area contributed by atoms with Crippen LogP contribution in [0.4, 0.5) is 0 Å². The van der Waals surface area contributed by atoms with E-state index in [-0.39, 0.29) is 11.9 Å². The van der Waals surface area contributed by atoms with Crippen molar-refractivity contribution in [2.45, 2.75) is 25.3 Å². The molecule has 0 aromatic carbocycles. The number of rotatable bonds is 3. The summed E-state index contributed by atoms with van der Waals surface area (Å²) in [4.78, 5) is 13.6. The fourth-order valence-electron chi connectivity index (χ4n) is 2.06. The molecule has 1 aromatic heterocycles. The Balaban J connectivity index is 1.87. The van der Waals surface area contributed by atoms with Crippen molar-refractivity contribution in [2.24, 2.45) is 12.8 Å². The Hall–Kier alpha value is -1.36. The minimum Gasteiger partial charge on any atom is -0.341 e. The molecule has 1 atom stereocenters. The highest BCUT2D eigenvalue weighted by Gasteiger charge is 2.24. The second-order valence-electron chi connectivity index (χ2n) is 4.35. The van der Waals surface area contributed by atoms with E-state index in [1.54, 1.807) is 4.68 Å². The van der Waals surface area contributed by atoms with Gasteiger partial charge in [0.15, 0.2) is 0 Å². The van der Waals surface area contributed by atoms with Crippen LogP contribution in [0.5, 0.6) is 0 Å². The third kappa shape index (κ3) is 2.41. The average molecular weight is 222 g/mol. The molecule has 2 heterocycles. The molecule has 0 spiro atoms. The molecule has 1 aliphatic heterocycles. The Morgan fingerprint density at radius 2 is 2.44 bits per heavy atom. The third-order valence-corrected chi connectivity index (χ3v) is 3.00. The maximum absolute atomic E-state index is 11.7. The molecule has 5 heteroatoms. The van der Waals surface area contributed by atoms with Gasteiger partial charge < -0.3 is 10.6 Å². The Bertz CT molecular complexity index is 374. The number of amides is 1. The third-order valence-electron chi connectivity index (χ3n) is 3.00. The molecule has 1 amide bonds. The first-order valence-corrected chi connectivity index (χ1v) is 5.68. The highest BCUT2D eigenvalue weighted by Crippen LogP contribution is 2.10. The Morgan fingerprint density at radius 3 is 3.12 bits per heavy atom. The van der Waals surface area contributed by atoms with E-state index in [2.05, 4.69) is 5.10 Å². The van der Waals surface area contributed by atoms with Gasteiger partial charge in [0.25, 0.3) is 0 Å². The summed E-state index contributed by atoms with van der Waals surface area (Å²) in [5.41, 5.74) is 6.90. The molecule has 1 saturated heterocycles. The smallest absolute Gasteiger partial charge is 0.239 e. The number of nitrogens with zero attached hydrogens (tertiary/aromatic N) is 3. The fraction of sp³-hybridized carbons (Fsp3) is 0.636. The SMILES string of the molecule is Cn1cc(CCN2CCCC(N)C2=O)cn1. The molecule has 16 heavy (non-hydrogen) atoms. The summed E-state index contributed by atoms with van der Waals surface area (Å²) in [6, 6.07) is -0.289. The molecule has 1 fully saturated rings. The second-order valence-corrected chi connectivity index (χ2v) is 4.35. The van der Waals surface area contributed by atoms with Gasteiger partial charge in [-0.05, 0) is 24.8 Å². The Morgan fingerprint density at radius 1 is 1.62 bits per heavy atom. The van der Waals surface area contributed by atoms with Crippen molar-refractivity contribution in [3.8, 4) is 0 Å². The number of piperidine rings is 1. The molecule has 1 unspecified atom stereocenters. The molecule has 5 nitrogen and oxygen atoms in total. The van der Waals surface area contributed by atoms with Crippen molar-refractivity contribution in [2.75, 3.05) is 13.1 Å². The van der Waals surface area contributed by atoms with Crippen molar-refractivity contribution in [1.29, 1.82) is 0 Å². The summed E-state index contributed by atoms with van der Waals surface area (Å²) >= 11 is 0. The lowest BCUT2D eigenvalue weighted by Crippen LogP contribution is -2.48. The molecule has 88 valence electrons. The zero-order valence-electron chi connectivity index (χ0n) is 9.59. The van der Waals surface area contributed by atoms with E-state index in [4.69, 9.17) is 5.73 Å². The van der Waals surface area contributed by atoms with E-state index >= 15 is 0 Å². The van der Waals surface area contributed by atoms with Gasteiger partial charge in [0, 0.05) is 26.3 Å². The minimum atomic E-state index is -0.289. The Labute approximate surface area is 95.2 Å². The van der Waals surface area contributed by atoms with Gasteiger partial charge in [0.2, 0.25) is 5.91 Å². The topological polar surface area (TPSA) is 64.2 Å².